The Morgan fingerprint density at radius 1 is 1.44 bits per heavy atom. The Hall–Kier alpha value is -1.35. The van der Waals surface area contributed by atoms with Crippen molar-refractivity contribution in [3.8, 4) is 0 Å². The number of piperidine rings is 1. The number of nitrogens with one attached hydrogen (secondary N) is 2. The lowest BCUT2D eigenvalue weighted by Crippen LogP contribution is -2.48. The number of benzene rings is 1. The Balaban J connectivity index is 1.86. The van der Waals surface area contributed by atoms with Gasteiger partial charge in [-0.05, 0) is 43.4 Å². The van der Waals surface area contributed by atoms with E-state index in [1.165, 1.54) is 17.5 Å². The van der Waals surface area contributed by atoms with E-state index in [1.807, 2.05) is 12.1 Å². The summed E-state index contributed by atoms with van der Waals surface area (Å²) in [5.41, 5.74) is 2.41. The van der Waals surface area contributed by atoms with Crippen LogP contribution in [0, 0.1) is 12.8 Å². The Morgan fingerprint density at radius 2 is 2.22 bits per heavy atom. The summed E-state index contributed by atoms with van der Waals surface area (Å²) in [6, 6.07) is 8.15. The summed E-state index contributed by atoms with van der Waals surface area (Å²) in [7, 11) is 0. The maximum atomic E-state index is 12.1. The summed E-state index contributed by atoms with van der Waals surface area (Å²) in [6.45, 7) is 5.85. The summed E-state index contributed by atoms with van der Waals surface area (Å²) in [4.78, 5) is 12.1. The van der Waals surface area contributed by atoms with E-state index in [2.05, 4.69) is 36.6 Å². The van der Waals surface area contributed by atoms with Crippen LogP contribution in [0.3, 0.4) is 0 Å². The highest BCUT2D eigenvalue weighted by Gasteiger charge is 2.24. The van der Waals surface area contributed by atoms with Gasteiger partial charge in [0.25, 0.3) is 0 Å². The number of amides is 1. The summed E-state index contributed by atoms with van der Waals surface area (Å²) in [6.07, 6.45) is 2.11. The van der Waals surface area contributed by atoms with Gasteiger partial charge in [0.05, 0.1) is 6.04 Å². The van der Waals surface area contributed by atoms with Gasteiger partial charge in [-0.15, -0.1) is 0 Å². The van der Waals surface area contributed by atoms with Gasteiger partial charge in [-0.25, -0.2) is 0 Å². The van der Waals surface area contributed by atoms with Crippen LogP contribution in [0.4, 0.5) is 0 Å². The molecule has 1 fully saturated rings. The first-order valence-electron chi connectivity index (χ1n) is 6.72. The van der Waals surface area contributed by atoms with Crippen LogP contribution in [-0.4, -0.2) is 18.5 Å². The molecule has 2 N–H and O–H groups in total. The Kier molecular flexibility index (Phi) is 4.37. The monoisotopic (exact) mass is 246 g/mol. The van der Waals surface area contributed by atoms with Gasteiger partial charge in [-0.3, -0.25) is 4.79 Å². The van der Waals surface area contributed by atoms with Crippen LogP contribution >= 0.6 is 0 Å². The maximum absolute atomic E-state index is 12.1. The first kappa shape index (κ1) is 13.1. The Labute approximate surface area is 109 Å². The summed E-state index contributed by atoms with van der Waals surface area (Å²) in [5, 5.41) is 6.32. The molecule has 3 heteroatoms. The normalized spacial score (nSPS) is 23.7. The zero-order valence-electron chi connectivity index (χ0n) is 11.2. The first-order valence-corrected chi connectivity index (χ1v) is 6.72. The standard InChI is InChI=1S/C15H22N2O/c1-11-7-8-16-14(9-11)15(18)17-10-13-6-4-3-5-12(13)2/h3-6,11,14,16H,7-10H2,1-2H3,(H,17,18). The number of hydrogen-bond donors (Lipinski definition) is 2. The van der Waals surface area contributed by atoms with Gasteiger partial charge >= 0.3 is 0 Å². The van der Waals surface area contributed by atoms with Crippen LogP contribution in [-0.2, 0) is 11.3 Å². The lowest BCUT2D eigenvalue weighted by molar-refractivity contribution is -0.124. The maximum Gasteiger partial charge on any atom is 0.237 e. The smallest absolute Gasteiger partial charge is 0.237 e. The van der Waals surface area contributed by atoms with Gasteiger partial charge in [-0.2, -0.15) is 0 Å². The molecule has 0 aliphatic carbocycles. The topological polar surface area (TPSA) is 41.1 Å². The van der Waals surface area contributed by atoms with Crippen LogP contribution in [0.1, 0.15) is 30.9 Å². The molecular weight excluding hydrogens is 224 g/mol. The molecule has 3 nitrogen and oxygen atoms in total. The minimum absolute atomic E-state index is 0.0160. The molecule has 0 bridgehead atoms. The highest BCUT2D eigenvalue weighted by Crippen LogP contribution is 2.15. The minimum atomic E-state index is -0.0160. The lowest BCUT2D eigenvalue weighted by Gasteiger charge is -2.27. The van der Waals surface area contributed by atoms with Crippen LogP contribution < -0.4 is 10.6 Å². The molecule has 18 heavy (non-hydrogen) atoms. The quantitative estimate of drug-likeness (QED) is 0.856. The van der Waals surface area contributed by atoms with E-state index in [0.29, 0.717) is 12.5 Å². The van der Waals surface area contributed by atoms with Crippen LogP contribution in [0.5, 0.6) is 0 Å². The summed E-state index contributed by atoms with van der Waals surface area (Å²) in [5.74, 6) is 0.769. The zero-order valence-corrected chi connectivity index (χ0v) is 11.2. The summed E-state index contributed by atoms with van der Waals surface area (Å²) >= 11 is 0. The van der Waals surface area contributed by atoms with Gasteiger partial charge in [0.2, 0.25) is 5.91 Å². The van der Waals surface area contributed by atoms with Crippen molar-refractivity contribution in [1.29, 1.82) is 0 Å². The molecule has 0 saturated carbocycles. The fourth-order valence-corrected chi connectivity index (χ4v) is 2.42. The van der Waals surface area contributed by atoms with Crippen molar-refractivity contribution < 1.29 is 4.79 Å². The fraction of sp³-hybridized carbons (Fsp3) is 0.533. The zero-order chi connectivity index (χ0) is 13.0. The molecule has 2 rings (SSSR count). The van der Waals surface area contributed by atoms with E-state index in [-0.39, 0.29) is 11.9 Å². The number of carbonyl (C=O) groups is 1. The molecule has 0 radical (unpaired) electrons. The SMILES string of the molecule is Cc1ccccc1CNC(=O)C1CC(C)CCN1. The second kappa shape index (κ2) is 6.01. The molecule has 1 aromatic carbocycles. The highest BCUT2D eigenvalue weighted by molar-refractivity contribution is 5.81. The fourth-order valence-electron chi connectivity index (χ4n) is 2.42. The van der Waals surface area contributed by atoms with Gasteiger partial charge < -0.3 is 10.6 Å². The second-order valence-corrected chi connectivity index (χ2v) is 5.28. The van der Waals surface area contributed by atoms with Gasteiger partial charge in [0.1, 0.15) is 0 Å². The summed E-state index contributed by atoms with van der Waals surface area (Å²) < 4.78 is 0. The molecule has 1 saturated heterocycles. The number of carbonyl (C=O) groups excluding carboxylic acids is 1. The Bertz CT molecular complexity index is 417. The van der Waals surface area contributed by atoms with Crippen LogP contribution in [0.15, 0.2) is 24.3 Å². The van der Waals surface area contributed by atoms with Crippen molar-refractivity contribution >= 4 is 5.91 Å². The average molecular weight is 246 g/mol. The van der Waals surface area contributed by atoms with E-state index >= 15 is 0 Å². The molecule has 98 valence electrons. The predicted molar refractivity (Wildman–Crippen MR) is 73.2 cm³/mol. The van der Waals surface area contributed by atoms with Gasteiger partial charge in [0, 0.05) is 6.54 Å². The van der Waals surface area contributed by atoms with Crippen molar-refractivity contribution in [2.75, 3.05) is 6.54 Å². The Morgan fingerprint density at radius 3 is 2.94 bits per heavy atom. The van der Waals surface area contributed by atoms with Crippen LogP contribution in [0.25, 0.3) is 0 Å². The molecule has 1 aromatic rings. The molecule has 1 aliphatic rings. The molecule has 1 heterocycles. The van der Waals surface area contributed by atoms with Crippen molar-refractivity contribution in [2.24, 2.45) is 5.92 Å². The van der Waals surface area contributed by atoms with Crippen molar-refractivity contribution in [3.05, 3.63) is 35.4 Å². The third kappa shape index (κ3) is 3.33. The highest BCUT2D eigenvalue weighted by atomic mass is 16.2. The van der Waals surface area contributed by atoms with Crippen molar-refractivity contribution in [1.82, 2.24) is 10.6 Å². The van der Waals surface area contributed by atoms with E-state index in [4.69, 9.17) is 0 Å². The molecule has 1 amide bonds. The third-order valence-electron chi connectivity index (χ3n) is 3.70. The minimum Gasteiger partial charge on any atom is -0.351 e. The van der Waals surface area contributed by atoms with Gasteiger partial charge in [0.15, 0.2) is 0 Å². The van der Waals surface area contributed by atoms with E-state index < -0.39 is 0 Å². The largest absolute Gasteiger partial charge is 0.351 e. The molecular formula is C15H22N2O. The van der Waals surface area contributed by atoms with E-state index in [0.717, 1.165) is 13.0 Å². The predicted octanol–water partition coefficient (Wildman–Crippen LogP) is 2.00. The van der Waals surface area contributed by atoms with Crippen molar-refractivity contribution in [3.63, 3.8) is 0 Å². The molecule has 0 aromatic heterocycles. The second-order valence-electron chi connectivity index (χ2n) is 5.28. The molecule has 0 spiro atoms. The average Bonchev–Trinajstić information content (AvgIpc) is 2.37. The van der Waals surface area contributed by atoms with Gasteiger partial charge in [-0.1, -0.05) is 31.2 Å². The first-order chi connectivity index (χ1) is 8.66. The number of aryl methyl sites for hydroxylation is 1. The number of rotatable bonds is 3. The van der Waals surface area contributed by atoms with Crippen molar-refractivity contribution in [2.45, 2.75) is 39.3 Å². The van der Waals surface area contributed by atoms with E-state index in [9.17, 15) is 4.79 Å². The number of hydrogen-bond acceptors (Lipinski definition) is 2. The lowest BCUT2D eigenvalue weighted by atomic mass is 9.94. The van der Waals surface area contributed by atoms with Crippen LogP contribution in [0.2, 0.25) is 0 Å². The van der Waals surface area contributed by atoms with E-state index in [1.54, 1.807) is 0 Å². The molecule has 1 aliphatic heterocycles. The molecule has 2 atom stereocenters. The third-order valence-corrected chi connectivity index (χ3v) is 3.70. The molecule has 2 unspecified atom stereocenters.